The van der Waals surface area contributed by atoms with E-state index in [9.17, 15) is 8.42 Å². The number of rotatable bonds is 6. The average Bonchev–Trinajstić information content (AvgIpc) is 2.06. The molecule has 0 fully saturated rings. The van der Waals surface area contributed by atoms with E-state index in [1.54, 1.807) is 0 Å². The van der Waals surface area contributed by atoms with E-state index in [2.05, 4.69) is 38.8 Å². The smallest absolute Gasteiger partial charge is 0.147 e. The highest BCUT2D eigenvalue weighted by atomic mass is 79.9. The van der Waals surface area contributed by atoms with Crippen molar-refractivity contribution in [2.75, 3.05) is 22.7 Å². The fourth-order valence-electron chi connectivity index (χ4n) is 0.937. The molecule has 0 radical (unpaired) electrons. The Morgan fingerprint density at radius 1 is 1.23 bits per heavy atom. The van der Waals surface area contributed by atoms with Crippen molar-refractivity contribution < 1.29 is 8.42 Å². The molecule has 80 valence electrons. The molecular formula is C8H16Br2O2S. The van der Waals surface area contributed by atoms with Gasteiger partial charge in [0.05, 0.1) is 5.75 Å². The van der Waals surface area contributed by atoms with Gasteiger partial charge in [-0.25, -0.2) is 8.42 Å². The van der Waals surface area contributed by atoms with Gasteiger partial charge in [-0.1, -0.05) is 38.8 Å². The van der Waals surface area contributed by atoms with E-state index in [-0.39, 0.29) is 11.2 Å². The van der Waals surface area contributed by atoms with Crippen molar-refractivity contribution in [3.05, 3.63) is 0 Å². The number of halogens is 2. The summed E-state index contributed by atoms with van der Waals surface area (Å²) in [6.45, 7) is 2.09. The zero-order chi connectivity index (χ0) is 10.5. The fourth-order valence-corrected chi connectivity index (χ4v) is 4.02. The first-order valence-corrected chi connectivity index (χ1v) is 8.49. The molecule has 0 heterocycles. The highest BCUT2D eigenvalue weighted by Crippen LogP contribution is 2.31. The van der Waals surface area contributed by atoms with Crippen LogP contribution < -0.4 is 0 Å². The maximum absolute atomic E-state index is 11.0. The summed E-state index contributed by atoms with van der Waals surface area (Å²) in [5.41, 5.74) is 0.0864. The molecule has 13 heavy (non-hydrogen) atoms. The minimum Gasteiger partial charge on any atom is -0.229 e. The Morgan fingerprint density at radius 2 is 1.69 bits per heavy atom. The fraction of sp³-hybridized carbons (Fsp3) is 1.00. The number of hydrogen-bond acceptors (Lipinski definition) is 2. The van der Waals surface area contributed by atoms with E-state index >= 15 is 0 Å². The van der Waals surface area contributed by atoms with Crippen LogP contribution >= 0.6 is 31.9 Å². The van der Waals surface area contributed by atoms with Gasteiger partial charge in [-0.3, -0.25) is 0 Å². The van der Waals surface area contributed by atoms with Crippen LogP contribution in [0.25, 0.3) is 0 Å². The minimum absolute atomic E-state index is 0.0864. The van der Waals surface area contributed by atoms with Gasteiger partial charge < -0.3 is 0 Å². The standard InChI is InChI=1S/C8H16Br2O2S/c1-3-8(6-9,7-10)4-5-13(2,11)12/h3-7H2,1-2H3. The van der Waals surface area contributed by atoms with E-state index in [1.807, 2.05) is 0 Å². The van der Waals surface area contributed by atoms with E-state index in [4.69, 9.17) is 0 Å². The van der Waals surface area contributed by atoms with Crippen molar-refractivity contribution in [2.45, 2.75) is 19.8 Å². The highest BCUT2D eigenvalue weighted by Gasteiger charge is 2.26. The predicted molar refractivity (Wildman–Crippen MR) is 64.6 cm³/mol. The molecule has 0 saturated heterocycles. The molecule has 0 unspecified atom stereocenters. The van der Waals surface area contributed by atoms with Gasteiger partial charge in [0.15, 0.2) is 0 Å². The quantitative estimate of drug-likeness (QED) is 0.699. The second-order valence-electron chi connectivity index (χ2n) is 3.50. The molecule has 0 aromatic rings. The minimum atomic E-state index is -2.83. The maximum atomic E-state index is 11.0. The van der Waals surface area contributed by atoms with E-state index in [0.717, 1.165) is 23.5 Å². The van der Waals surface area contributed by atoms with Gasteiger partial charge in [0.25, 0.3) is 0 Å². The van der Waals surface area contributed by atoms with Crippen molar-refractivity contribution in [3.63, 3.8) is 0 Å². The molecule has 0 N–H and O–H groups in total. The van der Waals surface area contributed by atoms with Gasteiger partial charge in [-0.05, 0) is 18.3 Å². The Balaban J connectivity index is 4.27. The molecule has 0 spiro atoms. The van der Waals surface area contributed by atoms with Crippen LogP contribution in [0.1, 0.15) is 19.8 Å². The lowest BCUT2D eigenvalue weighted by Crippen LogP contribution is -2.26. The van der Waals surface area contributed by atoms with Crippen LogP contribution in [-0.4, -0.2) is 31.1 Å². The van der Waals surface area contributed by atoms with Crippen LogP contribution in [0.4, 0.5) is 0 Å². The van der Waals surface area contributed by atoms with Crippen molar-refractivity contribution >= 4 is 41.7 Å². The van der Waals surface area contributed by atoms with E-state index in [0.29, 0.717) is 0 Å². The molecule has 0 aliphatic rings. The van der Waals surface area contributed by atoms with Crippen LogP contribution in [0.3, 0.4) is 0 Å². The monoisotopic (exact) mass is 334 g/mol. The van der Waals surface area contributed by atoms with Crippen molar-refractivity contribution in [1.29, 1.82) is 0 Å². The molecule has 0 aromatic heterocycles. The third-order valence-electron chi connectivity index (χ3n) is 2.32. The summed E-state index contributed by atoms with van der Waals surface area (Å²) in [7, 11) is -2.83. The van der Waals surface area contributed by atoms with Gasteiger partial charge >= 0.3 is 0 Å². The van der Waals surface area contributed by atoms with Crippen LogP contribution in [-0.2, 0) is 9.84 Å². The summed E-state index contributed by atoms with van der Waals surface area (Å²) in [4.78, 5) is 0. The molecular weight excluding hydrogens is 320 g/mol. The summed E-state index contributed by atoms with van der Waals surface area (Å²) in [5, 5.41) is 1.69. The number of alkyl halides is 2. The number of hydrogen-bond donors (Lipinski definition) is 0. The summed E-state index contributed by atoms with van der Waals surface area (Å²) < 4.78 is 22.0. The zero-order valence-electron chi connectivity index (χ0n) is 8.02. The van der Waals surface area contributed by atoms with Crippen LogP contribution in [0.15, 0.2) is 0 Å². The van der Waals surface area contributed by atoms with Crippen LogP contribution in [0.2, 0.25) is 0 Å². The summed E-state index contributed by atoms with van der Waals surface area (Å²) in [6, 6.07) is 0. The Labute approximate surface area is 97.7 Å². The van der Waals surface area contributed by atoms with Gasteiger partial charge in [0.1, 0.15) is 9.84 Å². The molecule has 0 amide bonds. The van der Waals surface area contributed by atoms with Gasteiger partial charge in [0.2, 0.25) is 0 Å². The SMILES string of the molecule is CCC(CBr)(CBr)CCS(C)(=O)=O. The molecule has 0 aromatic carbocycles. The van der Waals surface area contributed by atoms with Crippen molar-refractivity contribution in [1.82, 2.24) is 0 Å². The lowest BCUT2D eigenvalue weighted by molar-refractivity contribution is 0.362. The normalized spacial score (nSPS) is 13.2. The second kappa shape index (κ2) is 5.71. The van der Waals surface area contributed by atoms with Crippen molar-refractivity contribution in [2.24, 2.45) is 5.41 Å². The van der Waals surface area contributed by atoms with Gasteiger partial charge in [-0.2, -0.15) is 0 Å². The summed E-state index contributed by atoms with van der Waals surface area (Å²) in [6.07, 6.45) is 2.99. The second-order valence-corrected chi connectivity index (χ2v) is 6.88. The third kappa shape index (κ3) is 5.37. The Hall–Kier alpha value is 0.910. The predicted octanol–water partition coefficient (Wildman–Crippen LogP) is 2.61. The molecule has 2 nitrogen and oxygen atoms in total. The lowest BCUT2D eigenvalue weighted by atomic mass is 9.87. The highest BCUT2D eigenvalue weighted by molar-refractivity contribution is 9.09. The molecule has 0 atom stereocenters. The van der Waals surface area contributed by atoms with Crippen molar-refractivity contribution in [3.8, 4) is 0 Å². The van der Waals surface area contributed by atoms with Crippen LogP contribution in [0, 0.1) is 5.41 Å². The van der Waals surface area contributed by atoms with Gasteiger partial charge in [0, 0.05) is 16.9 Å². The largest absolute Gasteiger partial charge is 0.229 e. The molecule has 0 rings (SSSR count). The number of sulfone groups is 1. The molecule has 0 bridgehead atoms. The maximum Gasteiger partial charge on any atom is 0.147 e. The molecule has 0 aliphatic carbocycles. The summed E-state index contributed by atoms with van der Waals surface area (Å²) in [5.74, 6) is 0.276. The Kier molecular flexibility index (Phi) is 6.11. The Bertz CT molecular complexity index is 224. The average molecular weight is 336 g/mol. The third-order valence-corrected chi connectivity index (χ3v) is 5.64. The zero-order valence-corrected chi connectivity index (χ0v) is 12.0. The first-order valence-electron chi connectivity index (χ1n) is 4.19. The molecule has 5 heteroatoms. The van der Waals surface area contributed by atoms with E-state index in [1.165, 1.54) is 6.26 Å². The van der Waals surface area contributed by atoms with Gasteiger partial charge in [-0.15, -0.1) is 0 Å². The lowest BCUT2D eigenvalue weighted by Gasteiger charge is -2.27. The first-order chi connectivity index (χ1) is 5.89. The summed E-state index contributed by atoms with van der Waals surface area (Å²) >= 11 is 6.87. The topological polar surface area (TPSA) is 34.1 Å². The molecule has 0 saturated carbocycles. The first kappa shape index (κ1) is 13.9. The Morgan fingerprint density at radius 3 is 1.92 bits per heavy atom. The van der Waals surface area contributed by atoms with E-state index < -0.39 is 9.84 Å². The van der Waals surface area contributed by atoms with Crippen LogP contribution in [0.5, 0.6) is 0 Å². The molecule has 0 aliphatic heterocycles.